The van der Waals surface area contributed by atoms with Crippen molar-refractivity contribution in [1.82, 2.24) is 20.1 Å². The predicted octanol–water partition coefficient (Wildman–Crippen LogP) is 2.76. The zero-order valence-corrected chi connectivity index (χ0v) is 13.3. The van der Waals surface area contributed by atoms with Gasteiger partial charge in [-0.15, -0.1) is 5.10 Å². The number of fused-ring (bicyclic) bond motifs is 1. The van der Waals surface area contributed by atoms with Crippen molar-refractivity contribution in [1.29, 1.82) is 0 Å². The number of carbonyl (C=O) groups excluding carboxylic acids is 1. The first kappa shape index (κ1) is 15.9. The highest BCUT2D eigenvalue weighted by Gasteiger charge is 2.19. The molecule has 1 heterocycles. The fraction of sp³-hybridized carbons (Fsp3) is 0.312. The monoisotopic (exact) mass is 300 g/mol. The topological polar surface area (TPSA) is 60.2 Å². The third kappa shape index (κ3) is 2.78. The van der Waals surface area contributed by atoms with Crippen molar-refractivity contribution >= 4 is 16.9 Å². The molecule has 0 aliphatic carbocycles. The molecule has 0 radical (unpaired) electrons. The van der Waals surface area contributed by atoms with Crippen LogP contribution in [0.3, 0.4) is 0 Å². The Bertz CT molecular complexity index is 734. The van der Waals surface area contributed by atoms with Gasteiger partial charge in [0.25, 0.3) is 5.91 Å². The maximum Gasteiger partial charge on any atom is 0.277 e. The van der Waals surface area contributed by atoms with E-state index in [1.807, 2.05) is 13.8 Å². The smallest absolute Gasteiger partial charge is 0.274 e. The number of amides is 1. The highest BCUT2D eigenvalue weighted by molar-refractivity contribution is 5.96. The summed E-state index contributed by atoms with van der Waals surface area (Å²) in [6.07, 6.45) is 0. The number of hydrogen-bond acceptors (Lipinski definition) is 4. The van der Waals surface area contributed by atoms with Gasteiger partial charge in [-0.1, -0.05) is 29.5 Å². The Morgan fingerprint density at radius 1 is 1.32 bits per heavy atom. The fourth-order valence-corrected chi connectivity index (χ4v) is 2.36. The molecule has 22 heavy (non-hydrogen) atoms. The lowest BCUT2D eigenvalue weighted by Gasteiger charge is -2.18. The number of nitrogens with zero attached hydrogens (tertiary/aromatic N) is 4. The average Bonchev–Trinajstić information content (AvgIpc) is 2.88. The van der Waals surface area contributed by atoms with E-state index in [-0.39, 0.29) is 11.9 Å². The molecule has 1 aromatic heterocycles. The van der Waals surface area contributed by atoms with Crippen LogP contribution in [0.4, 0.5) is 0 Å². The van der Waals surface area contributed by atoms with Crippen molar-refractivity contribution in [3.8, 4) is 0 Å². The van der Waals surface area contributed by atoms with Crippen molar-refractivity contribution < 1.29 is 9.63 Å². The van der Waals surface area contributed by atoms with Crippen molar-refractivity contribution in [3.63, 3.8) is 0 Å². The number of benzene rings is 1. The average molecular weight is 300 g/mol. The molecule has 2 rings (SSSR count). The molecule has 0 saturated carbocycles. The zero-order valence-electron chi connectivity index (χ0n) is 13.3. The van der Waals surface area contributed by atoms with Crippen molar-refractivity contribution in [2.24, 2.45) is 0 Å². The molecule has 0 spiro atoms. The molecule has 1 amide bonds. The molecular weight excluding hydrogens is 280 g/mol. The van der Waals surface area contributed by atoms with Crippen LogP contribution < -0.4 is 0 Å². The number of hydrogen-bond donors (Lipinski definition) is 0. The van der Waals surface area contributed by atoms with Crippen LogP contribution >= 0.6 is 0 Å². The molecule has 0 aliphatic heterocycles. The van der Waals surface area contributed by atoms with Gasteiger partial charge in [-0.3, -0.25) is 9.63 Å². The van der Waals surface area contributed by atoms with Gasteiger partial charge >= 0.3 is 0 Å². The Labute approximate surface area is 129 Å². The molecule has 1 aromatic carbocycles. The van der Waals surface area contributed by atoms with Crippen molar-refractivity contribution in [2.45, 2.75) is 19.9 Å². The maximum atomic E-state index is 12.2. The number of rotatable bonds is 5. The van der Waals surface area contributed by atoms with Crippen molar-refractivity contribution in [2.75, 3.05) is 14.2 Å². The summed E-state index contributed by atoms with van der Waals surface area (Å²) >= 11 is 0. The second-order valence-corrected chi connectivity index (χ2v) is 5.32. The van der Waals surface area contributed by atoms with E-state index in [9.17, 15) is 4.79 Å². The summed E-state index contributed by atoms with van der Waals surface area (Å²) in [6, 6.07) is 5.07. The Morgan fingerprint density at radius 3 is 2.50 bits per heavy atom. The summed E-state index contributed by atoms with van der Waals surface area (Å²) in [5, 5.41) is 9.51. The number of allylic oxidation sites excluding steroid dienone is 2. The number of carbonyl (C=O) groups is 1. The van der Waals surface area contributed by atoms with Crippen molar-refractivity contribution in [3.05, 3.63) is 48.1 Å². The molecule has 6 nitrogen and oxygen atoms in total. The van der Waals surface area contributed by atoms with Gasteiger partial charge in [0.1, 0.15) is 5.52 Å². The van der Waals surface area contributed by atoms with E-state index in [2.05, 4.69) is 23.5 Å². The minimum absolute atomic E-state index is 0.157. The Balaban J connectivity index is 2.56. The van der Waals surface area contributed by atoms with E-state index >= 15 is 0 Å². The molecule has 0 N–H and O–H groups in total. The summed E-state index contributed by atoms with van der Waals surface area (Å²) in [6.45, 7) is 11.8. The lowest BCUT2D eigenvalue weighted by Crippen LogP contribution is -2.25. The molecule has 0 atom stereocenters. The summed E-state index contributed by atoms with van der Waals surface area (Å²) in [4.78, 5) is 17.1. The van der Waals surface area contributed by atoms with Gasteiger partial charge in [-0.2, -0.15) is 0 Å². The molecule has 116 valence electrons. The summed E-state index contributed by atoms with van der Waals surface area (Å²) in [5.41, 5.74) is 3.79. The molecule has 0 aliphatic rings. The summed E-state index contributed by atoms with van der Waals surface area (Å²) in [5.74, 6) is -0.237. The zero-order chi connectivity index (χ0) is 16.4. The highest BCUT2D eigenvalue weighted by atomic mass is 16.7. The molecule has 6 heteroatoms. The Kier molecular flexibility index (Phi) is 4.42. The molecule has 0 saturated heterocycles. The Hall–Kier alpha value is -2.47. The van der Waals surface area contributed by atoms with Gasteiger partial charge < -0.3 is 0 Å². The fourth-order valence-electron chi connectivity index (χ4n) is 2.36. The highest BCUT2D eigenvalue weighted by Crippen LogP contribution is 2.27. The number of aromatic nitrogens is 3. The third-order valence-electron chi connectivity index (χ3n) is 3.46. The SMILES string of the molecule is C=C(C)C(C(=C)C)n1nnc2ccc(C(=O)N(C)OC)cc21. The number of hydroxylamine groups is 2. The molecule has 0 unspecified atom stereocenters. The van der Waals surface area contributed by atoms with Gasteiger partial charge in [0.05, 0.1) is 18.7 Å². The van der Waals surface area contributed by atoms with Crippen LogP contribution in [0.2, 0.25) is 0 Å². The van der Waals surface area contributed by atoms with Crippen LogP contribution in [-0.4, -0.2) is 40.1 Å². The predicted molar refractivity (Wildman–Crippen MR) is 85.3 cm³/mol. The van der Waals surface area contributed by atoms with E-state index in [0.29, 0.717) is 11.1 Å². The molecule has 2 aromatic rings. The molecule has 0 bridgehead atoms. The minimum Gasteiger partial charge on any atom is -0.274 e. The second kappa shape index (κ2) is 6.11. The second-order valence-electron chi connectivity index (χ2n) is 5.32. The molecular formula is C16H20N4O2. The standard InChI is InChI=1S/C16H20N4O2/c1-10(2)15(11(3)4)20-14-9-12(16(21)19(5)22-6)7-8-13(14)17-18-20/h7-9,15H,1,3H2,2,4-6H3. The van der Waals surface area contributed by atoms with E-state index < -0.39 is 0 Å². The lowest BCUT2D eigenvalue weighted by atomic mass is 10.0. The van der Waals surface area contributed by atoms with Crippen LogP contribution in [0.1, 0.15) is 30.2 Å². The van der Waals surface area contributed by atoms with Crippen LogP contribution in [-0.2, 0) is 4.84 Å². The first-order chi connectivity index (χ1) is 10.4. The van der Waals surface area contributed by atoms with Gasteiger partial charge in [0, 0.05) is 12.6 Å². The van der Waals surface area contributed by atoms with Crippen LogP contribution in [0.25, 0.3) is 11.0 Å². The largest absolute Gasteiger partial charge is 0.277 e. The van der Waals surface area contributed by atoms with E-state index in [1.54, 1.807) is 29.9 Å². The molecule has 0 fully saturated rings. The first-order valence-corrected chi connectivity index (χ1v) is 6.84. The lowest BCUT2D eigenvalue weighted by molar-refractivity contribution is -0.0756. The van der Waals surface area contributed by atoms with Gasteiger partial charge in [-0.25, -0.2) is 9.75 Å². The quantitative estimate of drug-likeness (QED) is 0.629. The van der Waals surface area contributed by atoms with E-state index in [0.717, 1.165) is 16.7 Å². The van der Waals surface area contributed by atoms with Crippen LogP contribution in [0.15, 0.2) is 42.5 Å². The normalized spacial score (nSPS) is 11.0. The summed E-state index contributed by atoms with van der Waals surface area (Å²) in [7, 11) is 3.01. The summed E-state index contributed by atoms with van der Waals surface area (Å²) < 4.78 is 1.74. The van der Waals surface area contributed by atoms with E-state index in [1.165, 1.54) is 12.2 Å². The minimum atomic E-state index is -0.237. The maximum absolute atomic E-state index is 12.2. The van der Waals surface area contributed by atoms with E-state index in [4.69, 9.17) is 4.84 Å². The van der Waals surface area contributed by atoms with Crippen LogP contribution in [0, 0.1) is 0 Å². The first-order valence-electron chi connectivity index (χ1n) is 6.84. The third-order valence-corrected chi connectivity index (χ3v) is 3.46. The van der Waals surface area contributed by atoms with Crippen LogP contribution in [0.5, 0.6) is 0 Å². The van der Waals surface area contributed by atoms with Gasteiger partial charge in [0.2, 0.25) is 0 Å². The Morgan fingerprint density at radius 2 is 1.95 bits per heavy atom. The van der Waals surface area contributed by atoms with Gasteiger partial charge in [0.15, 0.2) is 0 Å². The van der Waals surface area contributed by atoms with Gasteiger partial charge in [-0.05, 0) is 32.0 Å².